The topological polar surface area (TPSA) is 32.5 Å². The fraction of sp³-hybridized carbons (Fsp3) is 0.667. The number of para-hydroxylation sites is 1. The van der Waals surface area contributed by atoms with E-state index in [0.717, 1.165) is 12.5 Å². The smallest absolute Gasteiger partial charge is 0.0366 e. The summed E-state index contributed by atoms with van der Waals surface area (Å²) in [5.41, 5.74) is 7.40. The van der Waals surface area contributed by atoms with Crippen molar-refractivity contribution in [3.8, 4) is 0 Å². The second-order valence-electron chi connectivity index (χ2n) is 6.76. The molecule has 0 aromatic heterocycles. The van der Waals surface area contributed by atoms with E-state index < -0.39 is 0 Å². The van der Waals surface area contributed by atoms with Gasteiger partial charge in [0, 0.05) is 37.9 Å². The van der Waals surface area contributed by atoms with E-state index in [1.807, 2.05) is 0 Å². The monoisotopic (exact) mass is 287 g/mol. The first-order valence-electron chi connectivity index (χ1n) is 8.59. The summed E-state index contributed by atoms with van der Waals surface area (Å²) in [6.45, 7) is 6.10. The minimum atomic E-state index is 0.471. The molecule has 0 spiro atoms. The molecule has 116 valence electrons. The highest BCUT2D eigenvalue weighted by Gasteiger charge is 2.22. The molecule has 0 radical (unpaired) electrons. The average Bonchev–Trinajstić information content (AvgIpc) is 2.76. The van der Waals surface area contributed by atoms with Gasteiger partial charge in [0.15, 0.2) is 0 Å². The molecule has 0 amide bonds. The lowest BCUT2D eigenvalue weighted by Gasteiger charge is -2.31. The van der Waals surface area contributed by atoms with E-state index in [-0.39, 0.29) is 0 Å². The largest absolute Gasteiger partial charge is 0.370 e. The highest BCUT2D eigenvalue weighted by atomic mass is 15.2. The van der Waals surface area contributed by atoms with Crippen molar-refractivity contribution >= 4 is 5.69 Å². The molecule has 1 aromatic carbocycles. The Hall–Kier alpha value is -1.06. The molecular formula is C18H29N3. The van der Waals surface area contributed by atoms with E-state index in [1.54, 1.807) is 0 Å². The number of rotatable bonds is 3. The SMILES string of the molecule is NC1CCC(CN2CCCN(c3ccccc3)CC2)CC1. The van der Waals surface area contributed by atoms with Crippen LogP contribution in [-0.2, 0) is 0 Å². The average molecular weight is 287 g/mol. The van der Waals surface area contributed by atoms with Crippen molar-refractivity contribution in [2.24, 2.45) is 11.7 Å². The van der Waals surface area contributed by atoms with Gasteiger partial charge in [-0.25, -0.2) is 0 Å². The Morgan fingerprint density at radius 2 is 1.67 bits per heavy atom. The van der Waals surface area contributed by atoms with Crippen LogP contribution in [-0.4, -0.2) is 43.7 Å². The summed E-state index contributed by atoms with van der Waals surface area (Å²) in [6.07, 6.45) is 6.41. The van der Waals surface area contributed by atoms with Crippen molar-refractivity contribution in [1.82, 2.24) is 4.90 Å². The van der Waals surface area contributed by atoms with Crippen LogP contribution in [0.25, 0.3) is 0 Å². The van der Waals surface area contributed by atoms with Crippen LogP contribution in [0.15, 0.2) is 30.3 Å². The lowest BCUT2D eigenvalue weighted by atomic mass is 9.86. The van der Waals surface area contributed by atoms with Gasteiger partial charge < -0.3 is 15.5 Å². The molecule has 21 heavy (non-hydrogen) atoms. The molecule has 1 aliphatic heterocycles. The minimum absolute atomic E-state index is 0.471. The Balaban J connectivity index is 1.49. The van der Waals surface area contributed by atoms with Gasteiger partial charge in [0.25, 0.3) is 0 Å². The van der Waals surface area contributed by atoms with Gasteiger partial charge in [-0.1, -0.05) is 18.2 Å². The normalized spacial score (nSPS) is 28.3. The molecule has 1 saturated carbocycles. The van der Waals surface area contributed by atoms with Crippen molar-refractivity contribution in [1.29, 1.82) is 0 Å². The maximum absolute atomic E-state index is 6.02. The van der Waals surface area contributed by atoms with Crippen molar-refractivity contribution < 1.29 is 0 Å². The van der Waals surface area contributed by atoms with Gasteiger partial charge >= 0.3 is 0 Å². The first kappa shape index (κ1) is 14.9. The predicted octanol–water partition coefficient (Wildman–Crippen LogP) is 2.72. The van der Waals surface area contributed by atoms with Gasteiger partial charge in [-0.3, -0.25) is 0 Å². The molecule has 0 unspecified atom stereocenters. The molecule has 2 N–H and O–H groups in total. The van der Waals surface area contributed by atoms with E-state index in [4.69, 9.17) is 5.73 Å². The van der Waals surface area contributed by atoms with Crippen LogP contribution in [0.5, 0.6) is 0 Å². The number of anilines is 1. The second kappa shape index (κ2) is 7.28. The molecule has 3 heteroatoms. The zero-order chi connectivity index (χ0) is 14.5. The Morgan fingerprint density at radius 3 is 2.43 bits per heavy atom. The zero-order valence-electron chi connectivity index (χ0n) is 13.1. The van der Waals surface area contributed by atoms with Gasteiger partial charge in [-0.05, 0) is 56.7 Å². The molecule has 1 aromatic rings. The Kier molecular flexibility index (Phi) is 5.15. The fourth-order valence-electron chi connectivity index (χ4n) is 3.79. The van der Waals surface area contributed by atoms with Crippen molar-refractivity contribution in [3.63, 3.8) is 0 Å². The zero-order valence-corrected chi connectivity index (χ0v) is 13.1. The predicted molar refractivity (Wildman–Crippen MR) is 89.6 cm³/mol. The van der Waals surface area contributed by atoms with E-state index in [9.17, 15) is 0 Å². The van der Waals surface area contributed by atoms with Gasteiger partial charge in [-0.15, -0.1) is 0 Å². The molecule has 1 aliphatic carbocycles. The summed E-state index contributed by atoms with van der Waals surface area (Å²) >= 11 is 0. The van der Waals surface area contributed by atoms with Crippen LogP contribution >= 0.6 is 0 Å². The Morgan fingerprint density at radius 1 is 0.905 bits per heavy atom. The van der Waals surface area contributed by atoms with E-state index in [2.05, 4.69) is 40.1 Å². The van der Waals surface area contributed by atoms with Crippen LogP contribution in [0.2, 0.25) is 0 Å². The summed E-state index contributed by atoms with van der Waals surface area (Å²) in [7, 11) is 0. The Labute approximate surface area is 129 Å². The van der Waals surface area contributed by atoms with Crippen LogP contribution in [0, 0.1) is 5.92 Å². The lowest BCUT2D eigenvalue weighted by molar-refractivity contribution is 0.204. The molecular weight excluding hydrogens is 258 g/mol. The quantitative estimate of drug-likeness (QED) is 0.928. The molecule has 0 bridgehead atoms. The van der Waals surface area contributed by atoms with E-state index in [1.165, 1.54) is 64.0 Å². The molecule has 3 nitrogen and oxygen atoms in total. The van der Waals surface area contributed by atoms with E-state index >= 15 is 0 Å². The van der Waals surface area contributed by atoms with Crippen molar-refractivity contribution in [3.05, 3.63) is 30.3 Å². The van der Waals surface area contributed by atoms with E-state index in [0.29, 0.717) is 6.04 Å². The molecule has 0 atom stereocenters. The van der Waals surface area contributed by atoms with Crippen LogP contribution in [0.1, 0.15) is 32.1 Å². The maximum atomic E-state index is 6.02. The summed E-state index contributed by atoms with van der Waals surface area (Å²) in [5, 5.41) is 0. The van der Waals surface area contributed by atoms with Crippen molar-refractivity contribution in [2.45, 2.75) is 38.1 Å². The summed E-state index contributed by atoms with van der Waals surface area (Å²) < 4.78 is 0. The fourth-order valence-corrected chi connectivity index (χ4v) is 3.79. The second-order valence-corrected chi connectivity index (χ2v) is 6.76. The molecule has 1 heterocycles. The van der Waals surface area contributed by atoms with Crippen LogP contribution in [0.3, 0.4) is 0 Å². The number of nitrogens with zero attached hydrogens (tertiary/aromatic N) is 2. The highest BCUT2D eigenvalue weighted by Crippen LogP contribution is 2.24. The van der Waals surface area contributed by atoms with Crippen LogP contribution in [0.4, 0.5) is 5.69 Å². The molecule has 2 aliphatic rings. The maximum Gasteiger partial charge on any atom is 0.0366 e. The molecule has 2 fully saturated rings. The third-order valence-corrected chi connectivity index (χ3v) is 5.12. The summed E-state index contributed by atoms with van der Waals surface area (Å²) in [5.74, 6) is 0.882. The standard InChI is InChI=1S/C18H29N3/c19-17-9-7-16(8-10-17)15-20-11-4-12-21(14-13-20)18-5-2-1-3-6-18/h1-3,5-6,16-17H,4,7-15,19H2. The van der Waals surface area contributed by atoms with Gasteiger partial charge in [0.1, 0.15) is 0 Å². The number of benzene rings is 1. The minimum Gasteiger partial charge on any atom is -0.370 e. The summed E-state index contributed by atoms with van der Waals surface area (Å²) in [4.78, 5) is 5.22. The Bertz CT molecular complexity index is 412. The third kappa shape index (κ3) is 4.21. The number of hydrogen-bond acceptors (Lipinski definition) is 3. The van der Waals surface area contributed by atoms with Gasteiger partial charge in [-0.2, -0.15) is 0 Å². The molecule has 3 rings (SSSR count). The lowest BCUT2D eigenvalue weighted by Crippen LogP contribution is -2.36. The molecule has 1 saturated heterocycles. The first-order chi connectivity index (χ1) is 10.3. The number of nitrogens with two attached hydrogens (primary N) is 1. The third-order valence-electron chi connectivity index (χ3n) is 5.12. The first-order valence-corrected chi connectivity index (χ1v) is 8.59. The highest BCUT2D eigenvalue weighted by molar-refractivity contribution is 5.46. The van der Waals surface area contributed by atoms with Gasteiger partial charge in [0.05, 0.1) is 0 Å². The van der Waals surface area contributed by atoms with Crippen molar-refractivity contribution in [2.75, 3.05) is 37.6 Å². The van der Waals surface area contributed by atoms with Gasteiger partial charge in [0.2, 0.25) is 0 Å². The van der Waals surface area contributed by atoms with Crippen LogP contribution < -0.4 is 10.6 Å². The summed E-state index contributed by atoms with van der Waals surface area (Å²) in [6, 6.07) is 11.3. The number of hydrogen-bond donors (Lipinski definition) is 1.